The fraction of sp³-hybridized carbons (Fsp3) is 0.462. The topological polar surface area (TPSA) is 38.4 Å². The van der Waals surface area contributed by atoms with Gasteiger partial charge < -0.3 is 5.73 Å². The van der Waals surface area contributed by atoms with Gasteiger partial charge in [0.25, 0.3) is 0 Å². The van der Waals surface area contributed by atoms with Crippen molar-refractivity contribution in [3.63, 3.8) is 0 Å². The molecule has 0 saturated carbocycles. The molecule has 2 N–H and O–H groups in total. The Kier molecular flexibility index (Phi) is 4.35. The van der Waals surface area contributed by atoms with Gasteiger partial charge in [-0.3, -0.25) is 4.99 Å². The average molecular weight is 204 g/mol. The molecule has 0 fully saturated rings. The Labute approximate surface area is 92.2 Å². The SMILES string of the molecule is CCC/C=N\c1cccc(C(C)C)c1N. The van der Waals surface area contributed by atoms with Gasteiger partial charge in [-0.15, -0.1) is 0 Å². The number of hydrogen-bond acceptors (Lipinski definition) is 2. The summed E-state index contributed by atoms with van der Waals surface area (Å²) in [5, 5.41) is 0. The predicted octanol–water partition coefficient (Wildman–Crippen LogP) is 3.89. The Balaban J connectivity index is 2.94. The van der Waals surface area contributed by atoms with Crippen molar-refractivity contribution in [2.45, 2.75) is 39.5 Å². The monoisotopic (exact) mass is 204 g/mol. The standard InChI is InChI=1S/C13H20N2/c1-4-5-9-15-12-8-6-7-11(10(2)3)13(12)14/h6-10H,4-5,14H2,1-3H3/b15-9-. The minimum absolute atomic E-state index is 0.450. The van der Waals surface area contributed by atoms with Crippen LogP contribution < -0.4 is 5.73 Å². The molecule has 0 aliphatic carbocycles. The summed E-state index contributed by atoms with van der Waals surface area (Å²) < 4.78 is 0. The van der Waals surface area contributed by atoms with E-state index in [1.54, 1.807) is 0 Å². The fourth-order valence-corrected chi connectivity index (χ4v) is 1.48. The van der Waals surface area contributed by atoms with E-state index in [4.69, 9.17) is 5.73 Å². The van der Waals surface area contributed by atoms with Crippen molar-refractivity contribution in [3.05, 3.63) is 23.8 Å². The number of anilines is 1. The molecule has 2 nitrogen and oxygen atoms in total. The number of nitrogen functional groups attached to an aromatic ring is 1. The lowest BCUT2D eigenvalue weighted by molar-refractivity contribution is 0.870. The van der Waals surface area contributed by atoms with Crippen molar-refractivity contribution in [2.24, 2.45) is 4.99 Å². The van der Waals surface area contributed by atoms with Crippen LogP contribution >= 0.6 is 0 Å². The summed E-state index contributed by atoms with van der Waals surface area (Å²) in [7, 11) is 0. The molecule has 0 heterocycles. The maximum absolute atomic E-state index is 6.05. The molecule has 0 spiro atoms. The summed E-state index contributed by atoms with van der Waals surface area (Å²) in [6.45, 7) is 6.43. The maximum Gasteiger partial charge on any atom is 0.0857 e. The van der Waals surface area contributed by atoms with Gasteiger partial charge in [0.1, 0.15) is 0 Å². The predicted molar refractivity (Wildman–Crippen MR) is 68.0 cm³/mol. The Morgan fingerprint density at radius 1 is 1.40 bits per heavy atom. The highest BCUT2D eigenvalue weighted by Gasteiger charge is 2.06. The lowest BCUT2D eigenvalue weighted by Crippen LogP contribution is -1.96. The number of aliphatic imine (C=N–C) groups is 1. The Bertz CT molecular complexity index is 340. The molecule has 0 amide bonds. The van der Waals surface area contributed by atoms with Gasteiger partial charge in [0, 0.05) is 6.21 Å². The second-order valence-electron chi connectivity index (χ2n) is 4.04. The molecular formula is C13H20N2. The zero-order valence-corrected chi connectivity index (χ0v) is 9.83. The molecule has 2 heteroatoms. The highest BCUT2D eigenvalue weighted by Crippen LogP contribution is 2.30. The molecule has 1 rings (SSSR count). The molecule has 1 aromatic rings. The summed E-state index contributed by atoms with van der Waals surface area (Å²) in [6.07, 6.45) is 4.06. The zero-order chi connectivity index (χ0) is 11.3. The average Bonchev–Trinajstić information content (AvgIpc) is 2.20. The van der Waals surface area contributed by atoms with Crippen LogP contribution in [0.15, 0.2) is 23.2 Å². The Hall–Kier alpha value is -1.31. The first-order valence-corrected chi connectivity index (χ1v) is 5.57. The van der Waals surface area contributed by atoms with E-state index in [-0.39, 0.29) is 0 Å². The van der Waals surface area contributed by atoms with Crippen LogP contribution in [0.3, 0.4) is 0 Å². The molecule has 0 aliphatic heterocycles. The first-order chi connectivity index (χ1) is 7.16. The van der Waals surface area contributed by atoms with Gasteiger partial charge in [0.15, 0.2) is 0 Å². The fourth-order valence-electron chi connectivity index (χ4n) is 1.48. The van der Waals surface area contributed by atoms with E-state index in [0.29, 0.717) is 5.92 Å². The summed E-state index contributed by atoms with van der Waals surface area (Å²) in [5.41, 5.74) is 8.95. The first-order valence-electron chi connectivity index (χ1n) is 5.57. The third-order valence-corrected chi connectivity index (χ3v) is 2.39. The molecule has 0 radical (unpaired) electrons. The van der Waals surface area contributed by atoms with Gasteiger partial charge in [-0.25, -0.2) is 0 Å². The third-order valence-electron chi connectivity index (χ3n) is 2.39. The molecular weight excluding hydrogens is 184 g/mol. The van der Waals surface area contributed by atoms with E-state index < -0.39 is 0 Å². The van der Waals surface area contributed by atoms with E-state index in [2.05, 4.69) is 31.8 Å². The van der Waals surface area contributed by atoms with E-state index in [0.717, 1.165) is 24.2 Å². The Morgan fingerprint density at radius 2 is 2.13 bits per heavy atom. The van der Waals surface area contributed by atoms with Crippen molar-refractivity contribution in [3.8, 4) is 0 Å². The maximum atomic E-state index is 6.05. The van der Waals surface area contributed by atoms with Gasteiger partial charge in [-0.2, -0.15) is 0 Å². The van der Waals surface area contributed by atoms with Crippen LogP contribution in [0.2, 0.25) is 0 Å². The van der Waals surface area contributed by atoms with Crippen LogP contribution in [0.4, 0.5) is 11.4 Å². The number of benzene rings is 1. The Morgan fingerprint density at radius 3 is 2.73 bits per heavy atom. The van der Waals surface area contributed by atoms with Crippen LogP contribution in [0.25, 0.3) is 0 Å². The van der Waals surface area contributed by atoms with Crippen LogP contribution in [0, 0.1) is 0 Å². The van der Waals surface area contributed by atoms with Crippen LogP contribution in [-0.4, -0.2) is 6.21 Å². The number of nitrogens with zero attached hydrogens (tertiary/aromatic N) is 1. The highest BCUT2D eigenvalue weighted by atomic mass is 14.8. The van der Waals surface area contributed by atoms with Crippen molar-refractivity contribution in [1.29, 1.82) is 0 Å². The second-order valence-corrected chi connectivity index (χ2v) is 4.04. The molecule has 0 aromatic heterocycles. The zero-order valence-electron chi connectivity index (χ0n) is 9.83. The quantitative estimate of drug-likeness (QED) is 0.586. The first kappa shape index (κ1) is 11.8. The minimum atomic E-state index is 0.450. The summed E-state index contributed by atoms with van der Waals surface area (Å²) in [5.74, 6) is 0.450. The molecule has 0 atom stereocenters. The highest BCUT2D eigenvalue weighted by molar-refractivity contribution is 5.73. The molecule has 0 bridgehead atoms. The van der Waals surface area contributed by atoms with Gasteiger partial charge in [-0.1, -0.05) is 39.3 Å². The van der Waals surface area contributed by atoms with Gasteiger partial charge in [0.2, 0.25) is 0 Å². The molecule has 82 valence electrons. The number of hydrogen-bond donors (Lipinski definition) is 1. The van der Waals surface area contributed by atoms with E-state index >= 15 is 0 Å². The van der Waals surface area contributed by atoms with E-state index in [1.807, 2.05) is 18.3 Å². The smallest absolute Gasteiger partial charge is 0.0857 e. The molecule has 0 unspecified atom stereocenters. The number of nitrogens with two attached hydrogens (primary N) is 1. The van der Waals surface area contributed by atoms with E-state index in [9.17, 15) is 0 Å². The second kappa shape index (κ2) is 5.54. The normalized spacial score (nSPS) is 11.5. The van der Waals surface area contributed by atoms with Gasteiger partial charge >= 0.3 is 0 Å². The van der Waals surface area contributed by atoms with Crippen molar-refractivity contribution < 1.29 is 0 Å². The van der Waals surface area contributed by atoms with Crippen molar-refractivity contribution in [2.75, 3.05) is 5.73 Å². The van der Waals surface area contributed by atoms with Crippen LogP contribution in [-0.2, 0) is 0 Å². The van der Waals surface area contributed by atoms with Gasteiger partial charge in [-0.05, 0) is 24.0 Å². The lowest BCUT2D eigenvalue weighted by Gasteiger charge is -2.10. The molecule has 1 aromatic carbocycles. The lowest BCUT2D eigenvalue weighted by atomic mass is 10.0. The molecule has 0 saturated heterocycles. The molecule has 15 heavy (non-hydrogen) atoms. The summed E-state index contributed by atoms with van der Waals surface area (Å²) in [6, 6.07) is 6.05. The van der Waals surface area contributed by atoms with Crippen molar-refractivity contribution >= 4 is 17.6 Å². The number of para-hydroxylation sites is 1. The van der Waals surface area contributed by atoms with E-state index in [1.165, 1.54) is 5.56 Å². The van der Waals surface area contributed by atoms with Gasteiger partial charge in [0.05, 0.1) is 11.4 Å². The number of rotatable bonds is 4. The molecule has 0 aliphatic rings. The third kappa shape index (κ3) is 3.08. The summed E-state index contributed by atoms with van der Waals surface area (Å²) >= 11 is 0. The number of unbranched alkanes of at least 4 members (excludes halogenated alkanes) is 1. The van der Waals surface area contributed by atoms with Crippen molar-refractivity contribution in [1.82, 2.24) is 0 Å². The largest absolute Gasteiger partial charge is 0.397 e. The van der Waals surface area contributed by atoms with Crippen LogP contribution in [0.5, 0.6) is 0 Å². The minimum Gasteiger partial charge on any atom is -0.397 e. The summed E-state index contributed by atoms with van der Waals surface area (Å²) in [4.78, 5) is 4.39. The van der Waals surface area contributed by atoms with Crippen LogP contribution in [0.1, 0.15) is 45.1 Å².